The molecule has 0 aromatic heterocycles. The van der Waals surface area contributed by atoms with E-state index in [-0.39, 0.29) is 42.5 Å². The van der Waals surface area contributed by atoms with Crippen molar-refractivity contribution in [2.45, 2.75) is 75.8 Å². The van der Waals surface area contributed by atoms with Crippen LogP contribution in [-0.2, 0) is 30.7 Å². The average molecular weight is 661 g/mol. The Labute approximate surface area is 268 Å². The van der Waals surface area contributed by atoms with Gasteiger partial charge in [0.1, 0.15) is 5.82 Å². The molecule has 2 aromatic carbocycles. The van der Waals surface area contributed by atoms with Gasteiger partial charge in [-0.1, -0.05) is 44.2 Å². The summed E-state index contributed by atoms with van der Waals surface area (Å²) in [5.41, 5.74) is -0.331. The molecule has 2 aromatic rings. The van der Waals surface area contributed by atoms with Crippen molar-refractivity contribution in [3.8, 4) is 6.07 Å². The summed E-state index contributed by atoms with van der Waals surface area (Å²) in [5, 5.41) is 33.9. The number of rotatable bonds is 14. The Morgan fingerprint density at radius 3 is 2.57 bits per heavy atom. The van der Waals surface area contributed by atoms with Crippen molar-refractivity contribution in [3.63, 3.8) is 0 Å². The predicted molar refractivity (Wildman–Crippen MR) is 165 cm³/mol. The molecule has 3 N–H and O–H groups in total. The van der Waals surface area contributed by atoms with E-state index in [1.54, 1.807) is 38.1 Å². The second kappa shape index (κ2) is 14.9. The van der Waals surface area contributed by atoms with Gasteiger partial charge in [-0.3, -0.25) is 9.69 Å². The van der Waals surface area contributed by atoms with E-state index < -0.39 is 64.3 Å². The van der Waals surface area contributed by atoms with E-state index in [2.05, 4.69) is 11.4 Å². The molecule has 2 amide bonds. The van der Waals surface area contributed by atoms with Crippen LogP contribution in [0.2, 0.25) is 0 Å². The molecule has 0 spiro atoms. The molecule has 0 unspecified atom stereocenters. The number of halogens is 1. The van der Waals surface area contributed by atoms with Gasteiger partial charge in [-0.05, 0) is 48.4 Å². The molecule has 46 heavy (non-hydrogen) atoms. The zero-order valence-corrected chi connectivity index (χ0v) is 27.0. The first-order valence-corrected chi connectivity index (χ1v) is 16.6. The molecule has 0 radical (unpaired) electrons. The number of anilines is 1. The molecule has 0 bridgehead atoms. The zero-order chi connectivity index (χ0) is 33.6. The number of hydrogen-bond acceptors (Lipinski definition) is 8. The fourth-order valence-corrected chi connectivity index (χ4v) is 7.84. The van der Waals surface area contributed by atoms with E-state index in [0.29, 0.717) is 19.4 Å². The quantitative estimate of drug-likeness (QED) is 0.273. The minimum absolute atomic E-state index is 0.0599. The maximum atomic E-state index is 14.5. The van der Waals surface area contributed by atoms with Crippen LogP contribution in [0.4, 0.5) is 14.9 Å². The SMILES string of the molecule is CC(=O)Nc1cc(S(=O)(=O)N(C[C@@H](O)[C@H](Cc2ccccc2)N(C(=O)O)[C@H]2CO[C@H]3OCC[C@H]32)CC(C)(C)CCC#N)ccc1F. The summed E-state index contributed by atoms with van der Waals surface area (Å²) in [4.78, 5) is 25.4. The van der Waals surface area contributed by atoms with Gasteiger partial charge in [-0.25, -0.2) is 17.6 Å². The molecule has 0 saturated carbocycles. The first-order valence-electron chi connectivity index (χ1n) is 15.1. The number of amides is 2. The van der Waals surface area contributed by atoms with E-state index in [0.717, 1.165) is 35.0 Å². The fourth-order valence-electron chi connectivity index (χ4n) is 6.16. The van der Waals surface area contributed by atoms with Crippen LogP contribution in [0.5, 0.6) is 0 Å². The number of benzene rings is 2. The summed E-state index contributed by atoms with van der Waals surface area (Å²) in [5.74, 6) is -1.68. The minimum atomic E-state index is -4.45. The van der Waals surface area contributed by atoms with Crippen molar-refractivity contribution in [2.75, 3.05) is 31.6 Å². The van der Waals surface area contributed by atoms with Crippen molar-refractivity contribution in [1.29, 1.82) is 5.26 Å². The standard InChI is InChI=1S/C32H41FN4O8S/c1-21(38)35-26-17-23(10-11-25(26)33)46(42,43)36(20-32(2,3)13-7-14-34)18-29(39)27(16-22-8-5-4-6-9-22)37(31(40)41)28-19-45-30-24(28)12-15-44-30/h4-6,8-11,17,24,27-30,39H,7,12-13,15-16,18-20H2,1-3H3,(H,35,38)(H,40,41)/t24-,27-,28-,29+,30+/m0/s1. The van der Waals surface area contributed by atoms with Crippen LogP contribution in [0.15, 0.2) is 53.4 Å². The van der Waals surface area contributed by atoms with Crippen molar-refractivity contribution in [2.24, 2.45) is 11.3 Å². The summed E-state index contributed by atoms with van der Waals surface area (Å²) < 4.78 is 55.3. The lowest BCUT2D eigenvalue weighted by molar-refractivity contribution is -0.114. The largest absolute Gasteiger partial charge is 0.465 e. The van der Waals surface area contributed by atoms with Crippen LogP contribution >= 0.6 is 0 Å². The van der Waals surface area contributed by atoms with Crippen LogP contribution in [0.25, 0.3) is 0 Å². The van der Waals surface area contributed by atoms with Crippen molar-refractivity contribution in [3.05, 3.63) is 59.9 Å². The van der Waals surface area contributed by atoms with Gasteiger partial charge in [0.15, 0.2) is 6.29 Å². The smallest absolute Gasteiger partial charge is 0.407 e. The Morgan fingerprint density at radius 2 is 1.91 bits per heavy atom. The number of carbonyl (C=O) groups excluding carboxylic acids is 1. The maximum Gasteiger partial charge on any atom is 0.407 e. The second-order valence-electron chi connectivity index (χ2n) is 12.5. The number of aliphatic hydroxyl groups excluding tert-OH is 1. The first kappa shape index (κ1) is 35.2. The third-order valence-corrected chi connectivity index (χ3v) is 10.3. The van der Waals surface area contributed by atoms with E-state index in [1.165, 1.54) is 4.90 Å². The number of fused-ring (bicyclic) bond motifs is 1. The molecule has 2 aliphatic heterocycles. The Balaban J connectivity index is 1.74. The Hall–Kier alpha value is -3.61. The number of hydrogen-bond donors (Lipinski definition) is 3. The molecule has 5 atom stereocenters. The van der Waals surface area contributed by atoms with Gasteiger partial charge < -0.3 is 25.0 Å². The van der Waals surface area contributed by atoms with Crippen molar-refractivity contribution in [1.82, 2.24) is 9.21 Å². The molecule has 4 rings (SSSR count). The number of carbonyl (C=O) groups is 2. The highest BCUT2D eigenvalue weighted by Gasteiger charge is 2.49. The van der Waals surface area contributed by atoms with Crippen molar-refractivity contribution >= 4 is 27.7 Å². The first-order chi connectivity index (χ1) is 21.7. The molecule has 2 aliphatic rings. The molecule has 2 saturated heterocycles. The number of aliphatic hydroxyl groups is 1. The third-order valence-electron chi connectivity index (χ3n) is 8.47. The van der Waals surface area contributed by atoms with Gasteiger partial charge in [0.2, 0.25) is 15.9 Å². The average Bonchev–Trinajstić information content (AvgIpc) is 3.61. The Kier molecular flexibility index (Phi) is 11.4. The number of nitrogens with zero attached hydrogens (tertiary/aromatic N) is 3. The number of sulfonamides is 1. The summed E-state index contributed by atoms with van der Waals surface area (Å²) in [6.45, 7) is 4.55. The monoisotopic (exact) mass is 660 g/mol. The van der Waals surface area contributed by atoms with E-state index in [1.807, 2.05) is 6.07 Å². The lowest BCUT2D eigenvalue weighted by Gasteiger charge is -2.40. The fraction of sp³-hybridized carbons (Fsp3) is 0.531. The van der Waals surface area contributed by atoms with Crippen LogP contribution < -0.4 is 5.32 Å². The topological polar surface area (TPSA) is 170 Å². The van der Waals surface area contributed by atoms with Crippen LogP contribution in [0.1, 0.15) is 45.6 Å². The number of nitriles is 1. The molecular weight excluding hydrogens is 619 g/mol. The highest BCUT2D eigenvalue weighted by molar-refractivity contribution is 7.89. The van der Waals surface area contributed by atoms with Gasteiger partial charge in [0.25, 0.3) is 0 Å². The normalized spacial score (nSPS) is 20.9. The molecular formula is C32H41FN4O8S. The highest BCUT2D eigenvalue weighted by Crippen LogP contribution is 2.36. The summed E-state index contributed by atoms with van der Waals surface area (Å²) in [7, 11) is -4.45. The summed E-state index contributed by atoms with van der Waals surface area (Å²) in [6, 6.07) is 12.3. The lowest BCUT2D eigenvalue weighted by atomic mass is 9.87. The van der Waals surface area contributed by atoms with E-state index in [4.69, 9.17) is 9.47 Å². The molecule has 2 fully saturated rings. The van der Waals surface area contributed by atoms with Gasteiger partial charge >= 0.3 is 6.09 Å². The molecule has 0 aliphatic carbocycles. The van der Waals surface area contributed by atoms with Gasteiger partial charge in [0.05, 0.1) is 48.1 Å². The predicted octanol–water partition coefficient (Wildman–Crippen LogP) is 3.82. The van der Waals surface area contributed by atoms with Crippen LogP contribution in [-0.4, -0.2) is 90.6 Å². The number of ether oxygens (including phenoxy) is 2. The van der Waals surface area contributed by atoms with Crippen LogP contribution in [0.3, 0.4) is 0 Å². The van der Waals surface area contributed by atoms with Gasteiger partial charge in [-0.15, -0.1) is 0 Å². The van der Waals surface area contributed by atoms with E-state index in [9.17, 15) is 37.9 Å². The number of carboxylic acid groups (broad SMARTS) is 1. The Morgan fingerprint density at radius 1 is 1.20 bits per heavy atom. The minimum Gasteiger partial charge on any atom is -0.465 e. The molecule has 12 nitrogen and oxygen atoms in total. The highest BCUT2D eigenvalue weighted by atomic mass is 32.2. The number of nitrogens with one attached hydrogen (secondary N) is 1. The van der Waals surface area contributed by atoms with E-state index >= 15 is 0 Å². The Bertz CT molecular complexity index is 1530. The third kappa shape index (κ3) is 8.40. The maximum absolute atomic E-state index is 14.5. The van der Waals surface area contributed by atoms with Gasteiger partial charge in [0, 0.05) is 32.4 Å². The van der Waals surface area contributed by atoms with Gasteiger partial charge in [-0.2, -0.15) is 9.57 Å². The molecule has 14 heteroatoms. The van der Waals surface area contributed by atoms with Crippen molar-refractivity contribution < 1.29 is 42.1 Å². The summed E-state index contributed by atoms with van der Waals surface area (Å²) in [6.07, 6.45) is -2.22. The second-order valence-corrected chi connectivity index (χ2v) is 14.5. The molecule has 2 heterocycles. The molecule has 250 valence electrons. The van der Waals surface area contributed by atoms with Crippen LogP contribution in [0, 0.1) is 28.5 Å². The zero-order valence-electron chi connectivity index (χ0n) is 26.1. The summed E-state index contributed by atoms with van der Waals surface area (Å²) >= 11 is 0. The lowest BCUT2D eigenvalue weighted by Crippen LogP contribution is -2.58.